The second kappa shape index (κ2) is 5.81. The van der Waals surface area contributed by atoms with E-state index in [0.717, 1.165) is 5.69 Å². The summed E-state index contributed by atoms with van der Waals surface area (Å²) in [7, 11) is 0. The average Bonchev–Trinajstić information content (AvgIpc) is 2.84. The van der Waals surface area contributed by atoms with Crippen molar-refractivity contribution in [2.24, 2.45) is 0 Å². The fourth-order valence-electron chi connectivity index (χ4n) is 1.57. The molecule has 19 heavy (non-hydrogen) atoms. The van der Waals surface area contributed by atoms with Crippen molar-refractivity contribution in [2.75, 3.05) is 6.61 Å². The van der Waals surface area contributed by atoms with E-state index in [0.29, 0.717) is 12.2 Å². The number of benzene rings is 1. The van der Waals surface area contributed by atoms with E-state index in [1.54, 1.807) is 6.20 Å². The van der Waals surface area contributed by atoms with Gasteiger partial charge >= 0.3 is 5.82 Å². The molecule has 1 heterocycles. The summed E-state index contributed by atoms with van der Waals surface area (Å²) in [4.78, 5) is 10.4. The van der Waals surface area contributed by atoms with Gasteiger partial charge in [-0.05, 0) is 30.1 Å². The van der Waals surface area contributed by atoms with E-state index in [4.69, 9.17) is 4.74 Å². The monoisotopic (exact) mass is 259 g/mol. The maximum absolute atomic E-state index is 11.0. The molecule has 0 N–H and O–H groups in total. The lowest BCUT2D eigenvalue weighted by Gasteiger charge is -1.93. The second-order valence-electron chi connectivity index (χ2n) is 3.70. The molecule has 0 atom stereocenters. The summed E-state index contributed by atoms with van der Waals surface area (Å²) < 4.78 is 6.52. The first-order valence-corrected chi connectivity index (χ1v) is 5.80. The third-order valence-electron chi connectivity index (χ3n) is 2.43. The Morgan fingerprint density at radius 3 is 2.79 bits per heavy atom. The van der Waals surface area contributed by atoms with E-state index in [1.165, 1.54) is 17.0 Å². The Hall–Kier alpha value is -2.63. The zero-order valence-corrected chi connectivity index (χ0v) is 10.4. The third-order valence-corrected chi connectivity index (χ3v) is 2.43. The molecule has 98 valence electrons. The lowest BCUT2D eigenvalue weighted by Crippen LogP contribution is -1.96. The standard InChI is InChI=1S/C13H13N3O3/c1-2-19-9-8-11-10-15(14-13(11)16(17)18)12-6-4-3-5-7-12/h3-10H,2H2,1H3. The summed E-state index contributed by atoms with van der Waals surface area (Å²) in [6.07, 6.45) is 4.57. The highest BCUT2D eigenvalue weighted by molar-refractivity contribution is 5.57. The van der Waals surface area contributed by atoms with Crippen LogP contribution in [0.2, 0.25) is 0 Å². The molecule has 0 radical (unpaired) electrons. The van der Waals surface area contributed by atoms with Gasteiger partial charge in [-0.3, -0.25) is 0 Å². The highest BCUT2D eigenvalue weighted by Gasteiger charge is 2.19. The molecule has 1 aromatic heterocycles. The summed E-state index contributed by atoms with van der Waals surface area (Å²) in [5.74, 6) is -0.195. The Morgan fingerprint density at radius 1 is 1.42 bits per heavy atom. The Kier molecular flexibility index (Phi) is 3.92. The van der Waals surface area contributed by atoms with Crippen molar-refractivity contribution < 1.29 is 9.66 Å². The van der Waals surface area contributed by atoms with E-state index < -0.39 is 4.92 Å². The fraction of sp³-hybridized carbons (Fsp3) is 0.154. The summed E-state index contributed by atoms with van der Waals surface area (Å²) >= 11 is 0. The quantitative estimate of drug-likeness (QED) is 0.470. The minimum absolute atomic E-state index is 0.195. The van der Waals surface area contributed by atoms with E-state index in [-0.39, 0.29) is 5.82 Å². The molecule has 0 saturated heterocycles. The van der Waals surface area contributed by atoms with Crippen LogP contribution in [-0.4, -0.2) is 21.3 Å². The first-order valence-electron chi connectivity index (χ1n) is 5.80. The van der Waals surface area contributed by atoms with Gasteiger partial charge in [0.15, 0.2) is 0 Å². The molecular weight excluding hydrogens is 246 g/mol. The zero-order chi connectivity index (χ0) is 13.7. The molecule has 0 aliphatic heterocycles. The molecule has 0 saturated carbocycles. The van der Waals surface area contributed by atoms with Crippen molar-refractivity contribution in [3.8, 4) is 5.69 Å². The minimum atomic E-state index is -0.509. The van der Waals surface area contributed by atoms with Gasteiger partial charge < -0.3 is 14.9 Å². The van der Waals surface area contributed by atoms with Gasteiger partial charge in [0, 0.05) is 0 Å². The van der Waals surface area contributed by atoms with Crippen LogP contribution in [0.1, 0.15) is 12.5 Å². The number of rotatable bonds is 5. The smallest absolute Gasteiger partial charge is 0.397 e. The van der Waals surface area contributed by atoms with Gasteiger partial charge in [0.2, 0.25) is 0 Å². The topological polar surface area (TPSA) is 70.2 Å². The zero-order valence-electron chi connectivity index (χ0n) is 10.4. The van der Waals surface area contributed by atoms with Crippen molar-refractivity contribution in [1.82, 2.24) is 9.78 Å². The summed E-state index contributed by atoms with van der Waals surface area (Å²) in [5, 5.41) is 14.9. The number of nitro groups is 1. The lowest BCUT2D eigenvalue weighted by molar-refractivity contribution is -0.389. The molecule has 0 spiro atoms. The van der Waals surface area contributed by atoms with E-state index in [2.05, 4.69) is 5.10 Å². The molecule has 2 aromatic rings. The van der Waals surface area contributed by atoms with Gasteiger partial charge in [-0.25, -0.2) is 0 Å². The summed E-state index contributed by atoms with van der Waals surface area (Å²) in [6.45, 7) is 2.35. The maximum atomic E-state index is 11.0. The Labute approximate surface area is 110 Å². The molecule has 1 aromatic carbocycles. The van der Waals surface area contributed by atoms with Gasteiger partial charge in [-0.1, -0.05) is 18.2 Å². The molecule has 0 aliphatic carbocycles. The van der Waals surface area contributed by atoms with Crippen LogP contribution in [0.25, 0.3) is 11.8 Å². The number of hydrogen-bond acceptors (Lipinski definition) is 4. The van der Waals surface area contributed by atoms with E-state index >= 15 is 0 Å². The number of para-hydroxylation sites is 1. The molecule has 0 bridgehead atoms. The molecular formula is C13H13N3O3. The lowest BCUT2D eigenvalue weighted by atomic mass is 10.3. The molecule has 0 amide bonds. The van der Waals surface area contributed by atoms with Crippen LogP contribution in [0, 0.1) is 10.1 Å². The number of hydrogen-bond donors (Lipinski definition) is 0. The Morgan fingerprint density at radius 2 is 2.16 bits per heavy atom. The van der Waals surface area contributed by atoms with Crippen molar-refractivity contribution in [1.29, 1.82) is 0 Å². The van der Waals surface area contributed by atoms with Crippen molar-refractivity contribution >= 4 is 11.9 Å². The summed E-state index contributed by atoms with van der Waals surface area (Å²) in [6, 6.07) is 9.22. The summed E-state index contributed by atoms with van der Waals surface area (Å²) in [5.41, 5.74) is 1.17. The third kappa shape index (κ3) is 2.98. The van der Waals surface area contributed by atoms with E-state index in [1.807, 2.05) is 37.3 Å². The average molecular weight is 259 g/mol. The van der Waals surface area contributed by atoms with Crippen LogP contribution in [0.5, 0.6) is 0 Å². The van der Waals surface area contributed by atoms with Crippen LogP contribution >= 0.6 is 0 Å². The number of ether oxygens (including phenoxy) is 1. The molecule has 6 heteroatoms. The van der Waals surface area contributed by atoms with Gasteiger partial charge in [0.25, 0.3) is 0 Å². The van der Waals surface area contributed by atoms with Crippen LogP contribution in [0.15, 0.2) is 42.8 Å². The molecule has 0 fully saturated rings. The normalized spacial score (nSPS) is 10.8. The van der Waals surface area contributed by atoms with Gasteiger partial charge in [0.05, 0.1) is 35.4 Å². The van der Waals surface area contributed by atoms with Crippen LogP contribution < -0.4 is 0 Å². The highest BCUT2D eigenvalue weighted by atomic mass is 16.6. The van der Waals surface area contributed by atoms with Crippen LogP contribution in [0.3, 0.4) is 0 Å². The number of nitrogens with zero attached hydrogens (tertiary/aromatic N) is 3. The van der Waals surface area contributed by atoms with Crippen LogP contribution in [0.4, 0.5) is 5.82 Å². The molecule has 2 rings (SSSR count). The predicted molar refractivity (Wildman–Crippen MR) is 70.9 cm³/mol. The van der Waals surface area contributed by atoms with Gasteiger partial charge in [-0.15, -0.1) is 4.68 Å². The fourth-order valence-corrected chi connectivity index (χ4v) is 1.57. The molecule has 6 nitrogen and oxygen atoms in total. The predicted octanol–water partition coefficient (Wildman–Crippen LogP) is 2.79. The van der Waals surface area contributed by atoms with Gasteiger partial charge in [-0.2, -0.15) is 0 Å². The van der Waals surface area contributed by atoms with Crippen molar-refractivity contribution in [2.45, 2.75) is 6.92 Å². The van der Waals surface area contributed by atoms with Crippen molar-refractivity contribution in [3.63, 3.8) is 0 Å². The number of aromatic nitrogens is 2. The first kappa shape index (κ1) is 12.8. The Bertz CT molecular complexity index is 590. The van der Waals surface area contributed by atoms with Crippen LogP contribution in [-0.2, 0) is 4.74 Å². The largest absolute Gasteiger partial charge is 0.501 e. The van der Waals surface area contributed by atoms with Gasteiger partial charge in [0.1, 0.15) is 0 Å². The second-order valence-corrected chi connectivity index (χ2v) is 3.70. The molecule has 0 aliphatic rings. The highest BCUT2D eigenvalue weighted by Crippen LogP contribution is 2.20. The molecule has 0 unspecified atom stereocenters. The Balaban J connectivity index is 2.38. The first-order chi connectivity index (χ1) is 9.22. The minimum Gasteiger partial charge on any atom is -0.501 e. The van der Waals surface area contributed by atoms with E-state index in [9.17, 15) is 10.1 Å². The SMILES string of the molecule is CCOC=Cc1cn(-c2ccccc2)nc1[N+](=O)[O-]. The van der Waals surface area contributed by atoms with Crippen molar-refractivity contribution in [3.05, 3.63) is 58.5 Å². The maximum Gasteiger partial charge on any atom is 0.397 e.